The molecule has 2 heterocycles. The van der Waals surface area contributed by atoms with Gasteiger partial charge in [-0.1, -0.05) is 18.2 Å². The number of rotatable bonds is 6. The standard InChI is InChI=1S/C20H21N5O5S/c21-17-16(23-18(27)11-4-2-1-3-5-11)19(28)25-20(24-17)31-9-15(26)22-12-6-7-13-14(8-12)30-10-29-13/h1-8,16-17,20,24H,9-10,21H2,(H,22,26)(H,23,27)(H,25,28). The molecule has 0 radical (unpaired) electrons. The van der Waals surface area contributed by atoms with E-state index in [4.69, 9.17) is 15.2 Å². The molecule has 0 saturated carbocycles. The minimum absolute atomic E-state index is 0.0696. The van der Waals surface area contributed by atoms with Gasteiger partial charge in [-0.15, -0.1) is 11.8 Å². The van der Waals surface area contributed by atoms with Crippen LogP contribution in [0.4, 0.5) is 5.69 Å². The first-order valence-electron chi connectivity index (χ1n) is 9.48. The van der Waals surface area contributed by atoms with Crippen molar-refractivity contribution in [3.8, 4) is 11.5 Å². The van der Waals surface area contributed by atoms with Crippen LogP contribution in [0.15, 0.2) is 48.5 Å². The SMILES string of the molecule is NC1NC(SCC(=O)Nc2ccc3c(c2)OCO3)NC(=O)C1NC(=O)c1ccccc1. The van der Waals surface area contributed by atoms with Gasteiger partial charge in [-0.2, -0.15) is 0 Å². The van der Waals surface area contributed by atoms with Crippen molar-refractivity contribution in [3.63, 3.8) is 0 Å². The van der Waals surface area contributed by atoms with Crippen molar-refractivity contribution in [2.75, 3.05) is 17.9 Å². The molecule has 10 nitrogen and oxygen atoms in total. The van der Waals surface area contributed by atoms with E-state index < -0.39 is 29.5 Å². The van der Waals surface area contributed by atoms with Crippen LogP contribution in [0.2, 0.25) is 0 Å². The summed E-state index contributed by atoms with van der Waals surface area (Å²) in [4.78, 5) is 37.0. The molecule has 1 fully saturated rings. The third-order valence-electron chi connectivity index (χ3n) is 4.62. The lowest BCUT2D eigenvalue weighted by Gasteiger charge is -2.35. The van der Waals surface area contributed by atoms with E-state index in [0.29, 0.717) is 22.7 Å². The van der Waals surface area contributed by atoms with Crippen molar-refractivity contribution in [1.29, 1.82) is 0 Å². The summed E-state index contributed by atoms with van der Waals surface area (Å²) in [6.07, 6.45) is -0.809. The number of amides is 3. The average Bonchev–Trinajstić information content (AvgIpc) is 3.23. The average molecular weight is 443 g/mol. The number of carbonyl (C=O) groups is 3. The highest BCUT2D eigenvalue weighted by molar-refractivity contribution is 8.00. The smallest absolute Gasteiger partial charge is 0.252 e. The van der Waals surface area contributed by atoms with E-state index in [1.165, 1.54) is 11.8 Å². The second-order valence-electron chi connectivity index (χ2n) is 6.83. The Hall–Kier alpha value is -3.28. The zero-order valence-corrected chi connectivity index (χ0v) is 17.1. The summed E-state index contributed by atoms with van der Waals surface area (Å²) in [6, 6.07) is 12.7. The van der Waals surface area contributed by atoms with Crippen LogP contribution in [0.25, 0.3) is 0 Å². The highest BCUT2D eigenvalue weighted by atomic mass is 32.2. The summed E-state index contributed by atoms with van der Waals surface area (Å²) in [5.74, 6) is 0.190. The predicted molar refractivity (Wildman–Crippen MR) is 114 cm³/mol. The molecule has 1 saturated heterocycles. The molecule has 2 aliphatic rings. The molecule has 4 rings (SSSR count). The molecule has 2 aromatic carbocycles. The molecule has 2 aliphatic heterocycles. The van der Waals surface area contributed by atoms with Crippen LogP contribution < -0.4 is 36.5 Å². The molecule has 3 amide bonds. The van der Waals surface area contributed by atoms with E-state index >= 15 is 0 Å². The first kappa shape index (κ1) is 21.0. The van der Waals surface area contributed by atoms with Gasteiger partial charge in [0.15, 0.2) is 11.5 Å². The monoisotopic (exact) mass is 443 g/mol. The minimum atomic E-state index is -0.938. The quantitative estimate of drug-likeness (QED) is 0.425. The van der Waals surface area contributed by atoms with E-state index in [1.807, 2.05) is 0 Å². The van der Waals surface area contributed by atoms with Gasteiger partial charge in [0.1, 0.15) is 11.5 Å². The largest absolute Gasteiger partial charge is 0.454 e. The summed E-state index contributed by atoms with van der Waals surface area (Å²) < 4.78 is 10.5. The number of carbonyl (C=O) groups excluding carboxylic acids is 3. The van der Waals surface area contributed by atoms with Crippen LogP contribution in [0.3, 0.4) is 0 Å². The van der Waals surface area contributed by atoms with Crippen LogP contribution in [0, 0.1) is 0 Å². The number of benzene rings is 2. The first-order valence-corrected chi connectivity index (χ1v) is 10.5. The van der Waals surface area contributed by atoms with E-state index in [9.17, 15) is 14.4 Å². The Morgan fingerprint density at radius 3 is 2.68 bits per heavy atom. The predicted octanol–water partition coefficient (Wildman–Crippen LogP) is 0.173. The molecule has 3 unspecified atom stereocenters. The maximum Gasteiger partial charge on any atom is 0.252 e. The van der Waals surface area contributed by atoms with Crippen LogP contribution in [-0.2, 0) is 9.59 Å². The normalized spacial score (nSPS) is 21.8. The van der Waals surface area contributed by atoms with E-state index in [1.54, 1.807) is 48.5 Å². The van der Waals surface area contributed by atoms with Crippen molar-refractivity contribution < 1.29 is 23.9 Å². The van der Waals surface area contributed by atoms with Crippen molar-refractivity contribution in [1.82, 2.24) is 16.0 Å². The third-order valence-corrected chi connectivity index (χ3v) is 5.63. The fourth-order valence-electron chi connectivity index (χ4n) is 3.08. The van der Waals surface area contributed by atoms with Crippen molar-refractivity contribution in [2.24, 2.45) is 5.73 Å². The molecule has 2 aromatic rings. The molecule has 162 valence electrons. The summed E-state index contributed by atoms with van der Waals surface area (Å²) in [6.45, 7) is 0.155. The lowest BCUT2D eigenvalue weighted by atomic mass is 10.1. The molecule has 6 N–H and O–H groups in total. The number of anilines is 1. The highest BCUT2D eigenvalue weighted by Crippen LogP contribution is 2.34. The third kappa shape index (κ3) is 5.08. The van der Waals surface area contributed by atoms with Gasteiger partial charge in [-0.05, 0) is 24.3 Å². The molecular weight excluding hydrogens is 422 g/mol. The second-order valence-corrected chi connectivity index (χ2v) is 7.92. The Bertz CT molecular complexity index is 989. The van der Waals surface area contributed by atoms with Gasteiger partial charge < -0.3 is 31.2 Å². The first-order chi connectivity index (χ1) is 15.0. The Kier molecular flexibility index (Phi) is 6.26. The van der Waals surface area contributed by atoms with Crippen molar-refractivity contribution in [2.45, 2.75) is 17.7 Å². The van der Waals surface area contributed by atoms with Crippen LogP contribution in [-0.4, -0.2) is 48.0 Å². The molecule has 0 aromatic heterocycles. The summed E-state index contributed by atoms with van der Waals surface area (Å²) in [5, 5.41) is 11.1. The van der Waals surface area contributed by atoms with E-state index in [2.05, 4.69) is 21.3 Å². The van der Waals surface area contributed by atoms with Crippen molar-refractivity contribution >= 4 is 35.2 Å². The molecule has 0 aliphatic carbocycles. The molecule has 3 atom stereocenters. The molecule has 0 spiro atoms. The highest BCUT2D eigenvalue weighted by Gasteiger charge is 2.35. The summed E-state index contributed by atoms with van der Waals surface area (Å²) in [7, 11) is 0. The Balaban J connectivity index is 1.26. The zero-order chi connectivity index (χ0) is 21.8. The van der Waals surface area contributed by atoms with Crippen LogP contribution in [0.5, 0.6) is 11.5 Å². The molecule has 11 heteroatoms. The number of hydrogen-bond acceptors (Lipinski definition) is 8. The van der Waals surface area contributed by atoms with Crippen LogP contribution in [0.1, 0.15) is 10.4 Å². The Morgan fingerprint density at radius 2 is 1.90 bits per heavy atom. The number of nitrogens with one attached hydrogen (secondary N) is 4. The van der Waals surface area contributed by atoms with Gasteiger partial charge in [-0.25, -0.2) is 0 Å². The van der Waals surface area contributed by atoms with Crippen molar-refractivity contribution in [3.05, 3.63) is 54.1 Å². The zero-order valence-electron chi connectivity index (χ0n) is 16.3. The molecular formula is C20H21N5O5S. The number of thioether (sulfide) groups is 1. The maximum atomic E-state index is 12.4. The summed E-state index contributed by atoms with van der Waals surface area (Å²) in [5.41, 5.74) is 6.48. The minimum Gasteiger partial charge on any atom is -0.454 e. The second kappa shape index (κ2) is 9.25. The molecule has 31 heavy (non-hydrogen) atoms. The number of fused-ring (bicyclic) bond motifs is 1. The van der Waals surface area contributed by atoms with E-state index in [0.717, 1.165) is 0 Å². The summed E-state index contributed by atoms with van der Waals surface area (Å²) >= 11 is 1.17. The van der Waals surface area contributed by atoms with Gasteiger partial charge in [0.05, 0.1) is 11.9 Å². The lowest BCUT2D eigenvalue weighted by molar-refractivity contribution is -0.125. The maximum absolute atomic E-state index is 12.4. The fraction of sp³-hybridized carbons (Fsp3) is 0.250. The topological polar surface area (TPSA) is 144 Å². The Morgan fingerprint density at radius 1 is 1.13 bits per heavy atom. The number of hydrogen-bond donors (Lipinski definition) is 5. The lowest BCUT2D eigenvalue weighted by Crippen LogP contribution is -2.70. The Labute approximate surface area is 182 Å². The fourth-order valence-corrected chi connectivity index (χ4v) is 3.93. The van der Waals surface area contributed by atoms with Crippen LogP contribution >= 0.6 is 11.8 Å². The van der Waals surface area contributed by atoms with E-state index in [-0.39, 0.29) is 18.5 Å². The van der Waals surface area contributed by atoms with Gasteiger partial charge in [0, 0.05) is 17.3 Å². The molecule has 0 bridgehead atoms. The van der Waals surface area contributed by atoms with Gasteiger partial charge in [0.2, 0.25) is 18.6 Å². The number of ether oxygens (including phenoxy) is 2. The van der Waals surface area contributed by atoms with Gasteiger partial charge in [-0.3, -0.25) is 19.7 Å². The number of nitrogens with two attached hydrogens (primary N) is 1. The van der Waals surface area contributed by atoms with Gasteiger partial charge in [0.25, 0.3) is 5.91 Å². The van der Waals surface area contributed by atoms with Gasteiger partial charge >= 0.3 is 0 Å².